The van der Waals surface area contributed by atoms with E-state index in [4.69, 9.17) is 9.47 Å². The van der Waals surface area contributed by atoms with Crippen molar-refractivity contribution in [2.75, 3.05) is 33.4 Å². The molecule has 0 aliphatic carbocycles. The fraction of sp³-hybridized carbons (Fsp3) is 0.500. The Morgan fingerprint density at radius 2 is 1.88 bits per heavy atom. The molecule has 1 atom stereocenters. The van der Waals surface area contributed by atoms with E-state index < -0.39 is 10.0 Å². The summed E-state index contributed by atoms with van der Waals surface area (Å²) in [6.45, 7) is 7.08. The first-order valence-corrected chi connectivity index (χ1v) is 12.6. The Balaban J connectivity index is 1.63. The van der Waals surface area contributed by atoms with Crippen molar-refractivity contribution in [3.8, 4) is 5.75 Å². The second-order valence-electron chi connectivity index (χ2n) is 8.28. The highest BCUT2D eigenvalue weighted by Gasteiger charge is 2.37. The maximum absolute atomic E-state index is 13.5. The zero-order valence-corrected chi connectivity index (χ0v) is 20.6. The van der Waals surface area contributed by atoms with Crippen molar-refractivity contribution in [2.24, 2.45) is 0 Å². The molecule has 180 valence electrons. The fourth-order valence-electron chi connectivity index (χ4n) is 4.30. The Labute approximate surface area is 196 Å². The van der Waals surface area contributed by atoms with Crippen LogP contribution in [-0.2, 0) is 26.1 Å². The lowest BCUT2D eigenvalue weighted by molar-refractivity contribution is -0.136. The molecule has 1 amide bonds. The number of likely N-dealkylation sites (N-methyl/N-ethyl adjacent to an activating group) is 1. The molecule has 1 aliphatic heterocycles. The number of ether oxygens (including phenoxy) is 2. The molecule has 1 aliphatic rings. The molecule has 3 rings (SSSR count). The molecule has 1 unspecified atom stereocenters. The number of hydrogen-bond acceptors (Lipinski definition) is 6. The topological polar surface area (TPSA) is 89.0 Å². The van der Waals surface area contributed by atoms with E-state index in [1.54, 1.807) is 50.4 Å². The van der Waals surface area contributed by atoms with E-state index in [9.17, 15) is 13.2 Å². The molecule has 9 heteroatoms. The molecule has 0 N–H and O–H groups in total. The summed E-state index contributed by atoms with van der Waals surface area (Å²) in [5, 5.41) is 0. The summed E-state index contributed by atoms with van der Waals surface area (Å²) in [6, 6.07) is 6.94. The third-order valence-corrected chi connectivity index (χ3v) is 8.21. The quantitative estimate of drug-likeness (QED) is 0.525. The van der Waals surface area contributed by atoms with Crippen LogP contribution >= 0.6 is 0 Å². The zero-order chi connectivity index (χ0) is 24.0. The fourth-order valence-corrected chi connectivity index (χ4v) is 6.40. The smallest absolute Gasteiger partial charge is 0.248 e. The highest BCUT2D eigenvalue weighted by Crippen LogP contribution is 2.32. The number of amides is 1. The van der Waals surface area contributed by atoms with Crippen LogP contribution in [-0.4, -0.2) is 68.0 Å². The number of benzene rings is 1. The molecule has 1 fully saturated rings. The predicted molar refractivity (Wildman–Crippen MR) is 126 cm³/mol. The molecular weight excluding hydrogens is 442 g/mol. The Morgan fingerprint density at radius 1 is 1.21 bits per heavy atom. The lowest BCUT2D eigenvalue weighted by Crippen LogP contribution is -2.40. The average Bonchev–Trinajstić information content (AvgIpc) is 3.27. The van der Waals surface area contributed by atoms with E-state index in [2.05, 4.69) is 4.98 Å². The Kier molecular flexibility index (Phi) is 8.45. The number of rotatable bonds is 10. The second kappa shape index (κ2) is 11.1. The lowest BCUT2D eigenvalue weighted by Gasteiger charge is -2.26. The van der Waals surface area contributed by atoms with Crippen molar-refractivity contribution in [3.63, 3.8) is 0 Å². The number of carbonyl (C=O) groups is 1. The van der Waals surface area contributed by atoms with Crippen LogP contribution in [0.5, 0.6) is 5.75 Å². The van der Waals surface area contributed by atoms with Gasteiger partial charge in [-0.2, -0.15) is 4.31 Å². The minimum Gasteiger partial charge on any atom is -0.497 e. The van der Waals surface area contributed by atoms with Gasteiger partial charge in [0, 0.05) is 38.1 Å². The molecule has 1 aromatic heterocycles. The number of aromatic nitrogens is 1. The van der Waals surface area contributed by atoms with Crippen molar-refractivity contribution in [1.29, 1.82) is 0 Å². The third-order valence-electron chi connectivity index (χ3n) is 5.95. The van der Waals surface area contributed by atoms with E-state index >= 15 is 0 Å². The van der Waals surface area contributed by atoms with Crippen molar-refractivity contribution in [1.82, 2.24) is 14.2 Å². The molecular formula is C24H33N3O5S. The summed E-state index contributed by atoms with van der Waals surface area (Å²) in [7, 11) is -2.13. The van der Waals surface area contributed by atoms with Gasteiger partial charge in [0.15, 0.2) is 0 Å². The molecule has 2 aromatic rings. The van der Waals surface area contributed by atoms with Crippen molar-refractivity contribution in [2.45, 2.75) is 51.1 Å². The summed E-state index contributed by atoms with van der Waals surface area (Å²) < 4.78 is 39.5. The van der Waals surface area contributed by atoms with Gasteiger partial charge in [-0.3, -0.25) is 9.78 Å². The molecule has 0 radical (unpaired) electrons. The summed E-state index contributed by atoms with van der Waals surface area (Å²) >= 11 is 0. The third kappa shape index (κ3) is 5.90. The number of pyridine rings is 1. The van der Waals surface area contributed by atoms with Gasteiger partial charge in [0.05, 0.1) is 18.6 Å². The van der Waals surface area contributed by atoms with Crippen LogP contribution in [0.2, 0.25) is 0 Å². The summed E-state index contributed by atoms with van der Waals surface area (Å²) in [5.74, 6) is 0.513. The summed E-state index contributed by atoms with van der Waals surface area (Å²) in [4.78, 5) is 18.7. The summed E-state index contributed by atoms with van der Waals surface area (Å²) in [6.07, 6.45) is 4.87. The maximum Gasteiger partial charge on any atom is 0.248 e. The van der Waals surface area contributed by atoms with E-state index in [0.717, 1.165) is 12.0 Å². The molecule has 0 spiro atoms. The van der Waals surface area contributed by atoms with Crippen LogP contribution in [0.3, 0.4) is 0 Å². The van der Waals surface area contributed by atoms with Crippen molar-refractivity contribution >= 4 is 15.9 Å². The van der Waals surface area contributed by atoms with Gasteiger partial charge in [-0.05, 0) is 74.6 Å². The van der Waals surface area contributed by atoms with Crippen LogP contribution in [0.25, 0.3) is 0 Å². The van der Waals surface area contributed by atoms with E-state index in [-0.39, 0.29) is 25.2 Å². The lowest BCUT2D eigenvalue weighted by atomic mass is 10.1. The number of carbonyl (C=O) groups excluding carboxylic acids is 1. The van der Waals surface area contributed by atoms with Gasteiger partial charge in [0.2, 0.25) is 15.9 Å². The Hall–Kier alpha value is -2.49. The maximum atomic E-state index is 13.5. The monoisotopic (exact) mass is 475 g/mol. The zero-order valence-electron chi connectivity index (χ0n) is 19.8. The average molecular weight is 476 g/mol. The Morgan fingerprint density at radius 3 is 2.48 bits per heavy atom. The molecule has 0 saturated carbocycles. The first-order chi connectivity index (χ1) is 15.8. The van der Waals surface area contributed by atoms with Crippen LogP contribution in [0.1, 0.15) is 36.5 Å². The van der Waals surface area contributed by atoms with Gasteiger partial charge in [-0.25, -0.2) is 8.42 Å². The number of nitrogens with zero attached hydrogens (tertiary/aromatic N) is 3. The van der Waals surface area contributed by atoms with E-state index in [1.807, 2.05) is 19.1 Å². The van der Waals surface area contributed by atoms with Gasteiger partial charge in [-0.15, -0.1) is 0 Å². The number of aryl methyl sites for hydroxylation is 2. The van der Waals surface area contributed by atoms with Crippen LogP contribution in [0.4, 0.5) is 0 Å². The van der Waals surface area contributed by atoms with E-state index in [0.29, 0.717) is 47.8 Å². The van der Waals surface area contributed by atoms with Crippen LogP contribution in [0, 0.1) is 13.8 Å². The molecule has 2 heterocycles. The minimum absolute atomic E-state index is 0.0795. The molecule has 0 bridgehead atoms. The first-order valence-electron chi connectivity index (χ1n) is 11.2. The highest BCUT2D eigenvalue weighted by molar-refractivity contribution is 7.89. The van der Waals surface area contributed by atoms with Gasteiger partial charge in [0.1, 0.15) is 12.4 Å². The van der Waals surface area contributed by atoms with Gasteiger partial charge >= 0.3 is 0 Å². The molecule has 1 aromatic carbocycles. The van der Waals surface area contributed by atoms with Crippen LogP contribution in [0.15, 0.2) is 41.6 Å². The first kappa shape index (κ1) is 25.1. The van der Waals surface area contributed by atoms with Crippen molar-refractivity contribution < 1.29 is 22.7 Å². The Bertz CT molecular complexity index is 1040. The van der Waals surface area contributed by atoms with Gasteiger partial charge < -0.3 is 14.4 Å². The molecule has 8 nitrogen and oxygen atoms in total. The SMILES string of the molecule is CCN(Cc1ccncc1)C(=O)COCC1CCCN1S(=O)(=O)c1c(C)cc(OC)cc1C. The number of sulfonamides is 1. The minimum atomic E-state index is -3.69. The summed E-state index contributed by atoms with van der Waals surface area (Å²) in [5.41, 5.74) is 2.31. The largest absolute Gasteiger partial charge is 0.497 e. The van der Waals surface area contributed by atoms with E-state index in [1.165, 1.54) is 4.31 Å². The normalized spacial score (nSPS) is 16.7. The highest BCUT2D eigenvalue weighted by atomic mass is 32.2. The molecule has 33 heavy (non-hydrogen) atoms. The van der Waals surface area contributed by atoms with Gasteiger partial charge in [0.25, 0.3) is 0 Å². The molecule has 1 saturated heterocycles. The van der Waals surface area contributed by atoms with Gasteiger partial charge in [-0.1, -0.05) is 0 Å². The second-order valence-corrected chi connectivity index (χ2v) is 10.1. The predicted octanol–water partition coefficient (Wildman–Crippen LogP) is 2.93. The number of methoxy groups -OCH3 is 1. The van der Waals surface area contributed by atoms with Crippen molar-refractivity contribution in [3.05, 3.63) is 53.3 Å². The standard InChI is InChI=1S/C24H33N3O5S/c1-5-26(15-20-8-10-25-11-9-20)23(28)17-32-16-21-7-6-12-27(21)33(29,30)24-18(2)13-22(31-4)14-19(24)3/h8-11,13-14,21H,5-7,12,15-17H2,1-4H3. The number of hydrogen-bond donors (Lipinski definition) is 0. The van der Waals surface area contributed by atoms with Crippen LogP contribution < -0.4 is 4.74 Å².